The molecule has 2 rings (SSSR count). The fraction of sp³-hybridized carbons (Fsp3) is 0.600. The molecule has 1 heterocycles. The Bertz CT molecular complexity index is 581. The Morgan fingerprint density at radius 3 is 2.58 bits per heavy atom. The third-order valence-corrected chi connectivity index (χ3v) is 6.75. The Morgan fingerprint density at radius 1 is 1.23 bits per heavy atom. The molecule has 0 aromatic heterocycles. The number of alkyl halides is 3. The van der Waals surface area contributed by atoms with E-state index < -0.39 is 21.3 Å². The van der Waals surface area contributed by atoms with E-state index in [2.05, 4.69) is 25.3 Å². The van der Waals surface area contributed by atoms with Gasteiger partial charge in [-0.3, -0.25) is 4.90 Å². The predicted molar refractivity (Wildman–Crippen MR) is 104 cm³/mol. The molecule has 0 aliphatic carbocycles. The highest BCUT2D eigenvalue weighted by Gasteiger charge is 2.30. The number of allylic oxidation sites excluding steroid dienone is 1. The Hall–Kier alpha value is -1.11. The first-order valence-corrected chi connectivity index (χ1v) is 11.2. The van der Waals surface area contributed by atoms with E-state index in [1.54, 1.807) is 0 Å². The van der Waals surface area contributed by atoms with Crippen LogP contribution in [0.2, 0.25) is 6.04 Å². The number of hydrogen-bond acceptors (Lipinski definition) is 2. The highest BCUT2D eigenvalue weighted by molar-refractivity contribution is 6.54. The standard InChI is InChI=1S/C20H30F3NOSi/c1-15(7-4-5-10-24-12-16(2)25-17(3)13-24)14-26-19-9-6-8-18(11-19)20(21,22)23/h6,8-9,11,16-17H,1,4-5,7,10,12-14,26H2,2-3H3. The van der Waals surface area contributed by atoms with Gasteiger partial charge in [0.05, 0.1) is 27.3 Å². The van der Waals surface area contributed by atoms with E-state index in [1.807, 2.05) is 6.07 Å². The van der Waals surface area contributed by atoms with Gasteiger partial charge < -0.3 is 4.74 Å². The maximum absolute atomic E-state index is 12.8. The number of hydrogen-bond donors (Lipinski definition) is 0. The molecule has 1 aromatic rings. The van der Waals surface area contributed by atoms with Crippen molar-refractivity contribution in [3.05, 3.63) is 42.0 Å². The number of nitrogens with zero attached hydrogens (tertiary/aromatic N) is 1. The van der Waals surface area contributed by atoms with Crippen LogP contribution < -0.4 is 5.19 Å². The molecule has 0 N–H and O–H groups in total. The van der Waals surface area contributed by atoms with Crippen molar-refractivity contribution in [2.24, 2.45) is 0 Å². The van der Waals surface area contributed by atoms with Crippen LogP contribution in [-0.4, -0.2) is 46.3 Å². The molecule has 0 radical (unpaired) electrons. The summed E-state index contributed by atoms with van der Waals surface area (Å²) in [5, 5.41) is 0.859. The second-order valence-corrected chi connectivity index (χ2v) is 9.24. The summed E-state index contributed by atoms with van der Waals surface area (Å²) >= 11 is 0. The van der Waals surface area contributed by atoms with E-state index in [1.165, 1.54) is 17.7 Å². The number of rotatable bonds is 8. The van der Waals surface area contributed by atoms with Gasteiger partial charge >= 0.3 is 6.18 Å². The maximum Gasteiger partial charge on any atom is 0.416 e. The van der Waals surface area contributed by atoms with E-state index >= 15 is 0 Å². The molecule has 0 spiro atoms. The van der Waals surface area contributed by atoms with Gasteiger partial charge in [0.2, 0.25) is 0 Å². The van der Waals surface area contributed by atoms with Crippen LogP contribution in [0.1, 0.15) is 38.7 Å². The number of ether oxygens (including phenoxy) is 1. The van der Waals surface area contributed by atoms with Crippen molar-refractivity contribution in [1.82, 2.24) is 4.90 Å². The van der Waals surface area contributed by atoms with Gasteiger partial charge in [-0.05, 0) is 45.7 Å². The highest BCUT2D eigenvalue weighted by Crippen LogP contribution is 2.28. The molecular formula is C20H30F3NOSi. The zero-order valence-corrected chi connectivity index (χ0v) is 17.2. The maximum atomic E-state index is 12.8. The lowest BCUT2D eigenvalue weighted by Gasteiger charge is -2.35. The fourth-order valence-corrected chi connectivity index (χ4v) is 5.09. The topological polar surface area (TPSA) is 12.5 Å². The Kier molecular flexibility index (Phi) is 7.92. The minimum atomic E-state index is -4.25. The van der Waals surface area contributed by atoms with Gasteiger partial charge in [0.1, 0.15) is 0 Å². The predicted octanol–water partition coefficient (Wildman–Crippen LogP) is 3.75. The summed E-state index contributed by atoms with van der Waals surface area (Å²) in [6.45, 7) is 11.4. The van der Waals surface area contributed by atoms with Gasteiger partial charge in [0.25, 0.3) is 0 Å². The lowest BCUT2D eigenvalue weighted by atomic mass is 10.1. The van der Waals surface area contributed by atoms with Gasteiger partial charge in [-0.15, -0.1) is 6.58 Å². The Balaban J connectivity index is 1.65. The van der Waals surface area contributed by atoms with E-state index in [0.29, 0.717) is 12.2 Å². The van der Waals surface area contributed by atoms with Gasteiger partial charge in [-0.1, -0.05) is 35.0 Å². The zero-order valence-electron chi connectivity index (χ0n) is 15.8. The lowest BCUT2D eigenvalue weighted by molar-refractivity contribution is -0.137. The van der Waals surface area contributed by atoms with Gasteiger partial charge in [-0.2, -0.15) is 13.2 Å². The van der Waals surface area contributed by atoms with Crippen LogP contribution in [0, 0.1) is 0 Å². The van der Waals surface area contributed by atoms with Crippen molar-refractivity contribution in [3.63, 3.8) is 0 Å². The lowest BCUT2D eigenvalue weighted by Crippen LogP contribution is -2.45. The minimum absolute atomic E-state index is 0.298. The SMILES string of the molecule is C=C(CCCCN1CC(C)OC(C)C1)C[SiH2]c1cccc(C(F)(F)F)c1. The van der Waals surface area contributed by atoms with Crippen molar-refractivity contribution in [2.75, 3.05) is 19.6 Å². The summed E-state index contributed by atoms with van der Waals surface area (Å²) in [5.41, 5.74) is 0.639. The quantitative estimate of drug-likeness (QED) is 0.384. The van der Waals surface area contributed by atoms with Crippen LogP contribution in [-0.2, 0) is 10.9 Å². The van der Waals surface area contributed by atoms with E-state index in [-0.39, 0.29) is 0 Å². The summed E-state index contributed by atoms with van der Waals surface area (Å²) in [7, 11) is -0.732. The van der Waals surface area contributed by atoms with Crippen molar-refractivity contribution < 1.29 is 17.9 Å². The average molecular weight is 386 g/mol. The summed E-state index contributed by atoms with van der Waals surface area (Å²) in [5.74, 6) is 0. The summed E-state index contributed by atoms with van der Waals surface area (Å²) < 4.78 is 44.0. The molecule has 1 aromatic carbocycles. The minimum Gasteiger partial charge on any atom is -0.373 e. The molecule has 0 bridgehead atoms. The molecule has 6 heteroatoms. The summed E-state index contributed by atoms with van der Waals surface area (Å²) in [6, 6.07) is 6.65. The second kappa shape index (κ2) is 9.72. The Labute approximate surface area is 157 Å². The smallest absolute Gasteiger partial charge is 0.373 e. The van der Waals surface area contributed by atoms with Crippen molar-refractivity contribution in [2.45, 2.75) is 57.5 Å². The molecule has 2 unspecified atom stereocenters. The van der Waals surface area contributed by atoms with Crippen molar-refractivity contribution in [1.29, 1.82) is 0 Å². The zero-order chi connectivity index (χ0) is 19.2. The molecule has 2 atom stereocenters. The molecule has 1 aliphatic heterocycles. The van der Waals surface area contributed by atoms with E-state index in [0.717, 1.165) is 56.2 Å². The molecule has 26 heavy (non-hydrogen) atoms. The largest absolute Gasteiger partial charge is 0.416 e. The van der Waals surface area contributed by atoms with Crippen LogP contribution in [0.5, 0.6) is 0 Å². The second-order valence-electron chi connectivity index (χ2n) is 7.42. The molecule has 0 saturated carbocycles. The highest BCUT2D eigenvalue weighted by atomic mass is 28.2. The van der Waals surface area contributed by atoms with Crippen LogP contribution in [0.25, 0.3) is 0 Å². The monoisotopic (exact) mass is 385 g/mol. The van der Waals surface area contributed by atoms with E-state index in [9.17, 15) is 13.2 Å². The van der Waals surface area contributed by atoms with Crippen LogP contribution >= 0.6 is 0 Å². The Morgan fingerprint density at radius 2 is 1.92 bits per heavy atom. The van der Waals surface area contributed by atoms with Crippen molar-refractivity contribution in [3.8, 4) is 0 Å². The van der Waals surface area contributed by atoms with Crippen LogP contribution in [0.3, 0.4) is 0 Å². The number of benzene rings is 1. The summed E-state index contributed by atoms with van der Waals surface area (Å²) in [6.07, 6.45) is -0.462. The first-order valence-electron chi connectivity index (χ1n) is 9.44. The van der Waals surface area contributed by atoms with Crippen molar-refractivity contribution >= 4 is 14.7 Å². The first-order chi connectivity index (χ1) is 12.2. The normalized spacial score (nSPS) is 22.2. The molecule has 2 nitrogen and oxygen atoms in total. The molecule has 1 aliphatic rings. The average Bonchev–Trinajstić information content (AvgIpc) is 2.55. The number of morpholine rings is 1. The fourth-order valence-electron chi connectivity index (χ4n) is 3.53. The van der Waals surface area contributed by atoms with Gasteiger partial charge in [-0.25, -0.2) is 0 Å². The molecule has 146 valence electrons. The third kappa shape index (κ3) is 7.25. The summed E-state index contributed by atoms with van der Waals surface area (Å²) in [4.78, 5) is 2.46. The third-order valence-electron chi connectivity index (χ3n) is 4.77. The van der Waals surface area contributed by atoms with E-state index in [4.69, 9.17) is 4.74 Å². The number of unbranched alkanes of at least 4 members (excludes halogenated alkanes) is 1. The van der Waals surface area contributed by atoms with Gasteiger partial charge in [0.15, 0.2) is 0 Å². The molecule has 0 amide bonds. The first kappa shape index (κ1) is 21.2. The van der Waals surface area contributed by atoms with Crippen LogP contribution in [0.4, 0.5) is 13.2 Å². The molecule has 1 saturated heterocycles. The molecule has 1 fully saturated rings. The van der Waals surface area contributed by atoms with Crippen LogP contribution in [0.15, 0.2) is 36.4 Å². The molecular weight excluding hydrogens is 355 g/mol. The van der Waals surface area contributed by atoms with Gasteiger partial charge in [0, 0.05) is 13.1 Å². The number of halogens is 3.